The summed E-state index contributed by atoms with van der Waals surface area (Å²) in [4.78, 5) is 9.75. The van der Waals surface area contributed by atoms with Crippen LogP contribution in [0.15, 0.2) is 182 Å². The molecule has 12 rings (SSSR count). The lowest BCUT2D eigenvalue weighted by Gasteiger charge is -2.13. The average molecular weight is 687 g/mol. The lowest BCUT2D eigenvalue weighted by atomic mass is 9.99. The van der Waals surface area contributed by atoms with Crippen LogP contribution in [0.3, 0.4) is 0 Å². The van der Waals surface area contributed by atoms with E-state index in [0.717, 1.165) is 33.9 Å². The van der Waals surface area contributed by atoms with Gasteiger partial charge in [-0.2, -0.15) is 0 Å². The first-order valence-corrected chi connectivity index (χ1v) is 18.4. The second-order valence-electron chi connectivity index (χ2n) is 14.2. The normalized spacial score (nSPS) is 12.1. The summed E-state index contributed by atoms with van der Waals surface area (Å²) in [5.41, 5.74) is 15.9. The van der Waals surface area contributed by atoms with Gasteiger partial charge in [0, 0.05) is 49.6 Å². The van der Waals surface area contributed by atoms with E-state index >= 15 is 0 Å². The van der Waals surface area contributed by atoms with Crippen molar-refractivity contribution >= 4 is 54.4 Å². The summed E-state index contributed by atoms with van der Waals surface area (Å²) in [5.74, 6) is 0. The van der Waals surface area contributed by atoms with Gasteiger partial charge in [0.25, 0.3) is 0 Å². The first-order chi connectivity index (χ1) is 26.8. The van der Waals surface area contributed by atoms with Crippen LogP contribution in [0.25, 0.3) is 111 Å². The quantitative estimate of drug-likeness (QED) is 0.185. The van der Waals surface area contributed by atoms with Gasteiger partial charge in [0.1, 0.15) is 6.33 Å². The maximum atomic E-state index is 4.94. The smallest absolute Gasteiger partial charge is 0.116 e. The van der Waals surface area contributed by atoms with Gasteiger partial charge in [-0.1, -0.05) is 121 Å². The van der Waals surface area contributed by atoms with Gasteiger partial charge in [-0.05, 0) is 82.1 Å². The summed E-state index contributed by atoms with van der Waals surface area (Å²) in [5, 5.41) is 7.44. The zero-order chi connectivity index (χ0) is 35.3. The third-order valence-corrected chi connectivity index (χ3v) is 11.3. The SMILES string of the molecule is c1ccc(-n2c3ccccc3c3cc(-c4ccc5c6ccccc6n(-c6cccc(-c7ncnc8c7-c7cccc9cccc-8c79)c6)c5c4)ccc32)cc1. The van der Waals surface area contributed by atoms with Crippen molar-refractivity contribution in [3.8, 4) is 56.1 Å². The highest BCUT2D eigenvalue weighted by Crippen LogP contribution is 2.49. The molecule has 0 aliphatic heterocycles. The van der Waals surface area contributed by atoms with E-state index < -0.39 is 0 Å². The molecule has 1 aliphatic rings. The maximum Gasteiger partial charge on any atom is 0.116 e. The standard InChI is InChI=1S/C50H30N4/c1-2-14-35(15-3-1)53-44-22-7-5-18-38(44)42-28-32(24-26-45(42)53)33-23-25-39-37-17-4-6-21-43(37)54(46(39)29-33)36-16-8-13-34(27-36)49-48-40-19-9-11-31-12-10-20-41(47(31)40)50(48)52-30-51-49/h1-30H. The number of fused-ring (bicyclic) bond motifs is 9. The minimum atomic E-state index is 0.954. The number of nitrogens with zero attached hydrogens (tertiary/aromatic N) is 4. The van der Waals surface area contributed by atoms with Crippen molar-refractivity contribution in [3.05, 3.63) is 182 Å². The minimum Gasteiger partial charge on any atom is -0.309 e. The van der Waals surface area contributed by atoms with Crippen LogP contribution in [-0.2, 0) is 0 Å². The molecule has 0 saturated carbocycles. The highest BCUT2D eigenvalue weighted by molar-refractivity contribution is 6.17. The monoisotopic (exact) mass is 686 g/mol. The molecule has 0 saturated heterocycles. The fraction of sp³-hybridized carbons (Fsp3) is 0. The summed E-state index contributed by atoms with van der Waals surface area (Å²) >= 11 is 0. The lowest BCUT2D eigenvalue weighted by Crippen LogP contribution is -1.96. The molecular formula is C50H30N4. The number of benzene rings is 8. The first kappa shape index (κ1) is 29.3. The molecule has 3 aromatic heterocycles. The van der Waals surface area contributed by atoms with Crippen molar-refractivity contribution in [2.75, 3.05) is 0 Å². The molecule has 1 aliphatic carbocycles. The van der Waals surface area contributed by atoms with Crippen LogP contribution in [0.2, 0.25) is 0 Å². The van der Waals surface area contributed by atoms with Gasteiger partial charge in [-0.3, -0.25) is 0 Å². The number of hydrogen-bond donors (Lipinski definition) is 0. The van der Waals surface area contributed by atoms with Crippen molar-refractivity contribution < 1.29 is 0 Å². The van der Waals surface area contributed by atoms with E-state index in [1.165, 1.54) is 76.6 Å². The molecule has 0 amide bonds. The van der Waals surface area contributed by atoms with Crippen LogP contribution < -0.4 is 0 Å². The third kappa shape index (κ3) is 4.08. The molecule has 0 N–H and O–H groups in total. The van der Waals surface area contributed by atoms with E-state index in [2.05, 4.69) is 185 Å². The molecule has 0 unspecified atom stereocenters. The molecule has 0 atom stereocenters. The third-order valence-electron chi connectivity index (χ3n) is 11.3. The second-order valence-corrected chi connectivity index (χ2v) is 14.2. The molecular weight excluding hydrogens is 657 g/mol. The topological polar surface area (TPSA) is 35.6 Å². The zero-order valence-electron chi connectivity index (χ0n) is 29.1. The Morgan fingerprint density at radius 3 is 1.80 bits per heavy atom. The van der Waals surface area contributed by atoms with Crippen LogP contribution in [0.4, 0.5) is 0 Å². The average Bonchev–Trinajstić information content (AvgIpc) is 3.87. The highest BCUT2D eigenvalue weighted by atomic mass is 15.0. The number of rotatable bonds is 4. The first-order valence-electron chi connectivity index (χ1n) is 18.4. The Hall–Kier alpha value is -7.30. The lowest BCUT2D eigenvalue weighted by molar-refractivity contribution is 1.17. The van der Waals surface area contributed by atoms with Crippen molar-refractivity contribution in [2.45, 2.75) is 0 Å². The van der Waals surface area contributed by atoms with Gasteiger partial charge >= 0.3 is 0 Å². The van der Waals surface area contributed by atoms with Crippen molar-refractivity contribution in [2.24, 2.45) is 0 Å². The van der Waals surface area contributed by atoms with Gasteiger partial charge < -0.3 is 9.13 Å². The largest absolute Gasteiger partial charge is 0.309 e. The van der Waals surface area contributed by atoms with Gasteiger partial charge in [0.2, 0.25) is 0 Å². The van der Waals surface area contributed by atoms with Crippen LogP contribution in [0, 0.1) is 0 Å². The predicted molar refractivity (Wildman–Crippen MR) is 224 cm³/mol. The summed E-state index contributed by atoms with van der Waals surface area (Å²) < 4.78 is 4.78. The Morgan fingerprint density at radius 2 is 0.963 bits per heavy atom. The molecule has 54 heavy (non-hydrogen) atoms. The molecule has 4 heteroatoms. The Kier molecular flexibility index (Phi) is 6.02. The molecule has 0 radical (unpaired) electrons. The number of hydrogen-bond acceptors (Lipinski definition) is 2. The molecule has 3 heterocycles. The van der Waals surface area contributed by atoms with Crippen LogP contribution in [-0.4, -0.2) is 19.1 Å². The Labute approximate surface area is 310 Å². The molecule has 0 spiro atoms. The number of para-hydroxylation sites is 3. The van der Waals surface area contributed by atoms with Crippen LogP contribution >= 0.6 is 0 Å². The van der Waals surface area contributed by atoms with Crippen LogP contribution in [0.5, 0.6) is 0 Å². The molecule has 250 valence electrons. The fourth-order valence-corrected chi connectivity index (χ4v) is 9.04. The van der Waals surface area contributed by atoms with Crippen molar-refractivity contribution in [1.29, 1.82) is 0 Å². The number of aromatic nitrogens is 4. The van der Waals surface area contributed by atoms with Gasteiger partial charge in [0.05, 0.1) is 33.5 Å². The Morgan fingerprint density at radius 1 is 0.352 bits per heavy atom. The molecule has 4 nitrogen and oxygen atoms in total. The molecule has 0 fully saturated rings. The van der Waals surface area contributed by atoms with E-state index in [-0.39, 0.29) is 0 Å². The Bertz CT molecular complexity index is 3330. The van der Waals surface area contributed by atoms with Gasteiger partial charge in [0.15, 0.2) is 0 Å². The predicted octanol–water partition coefficient (Wildman–Crippen LogP) is 12.8. The summed E-state index contributed by atoms with van der Waals surface area (Å²) in [7, 11) is 0. The zero-order valence-corrected chi connectivity index (χ0v) is 29.1. The highest BCUT2D eigenvalue weighted by Gasteiger charge is 2.26. The molecule has 8 aromatic carbocycles. The van der Waals surface area contributed by atoms with Crippen molar-refractivity contribution in [3.63, 3.8) is 0 Å². The van der Waals surface area contributed by atoms with E-state index in [0.29, 0.717) is 0 Å². The van der Waals surface area contributed by atoms with E-state index in [9.17, 15) is 0 Å². The maximum absolute atomic E-state index is 4.94. The molecule has 0 bridgehead atoms. The summed E-state index contributed by atoms with van der Waals surface area (Å²) in [6.07, 6.45) is 1.71. The van der Waals surface area contributed by atoms with E-state index in [4.69, 9.17) is 9.97 Å². The van der Waals surface area contributed by atoms with Crippen molar-refractivity contribution in [1.82, 2.24) is 19.1 Å². The second kappa shape index (κ2) is 11.1. The van der Waals surface area contributed by atoms with E-state index in [1.807, 2.05) is 0 Å². The Balaban J connectivity index is 1.04. The minimum absolute atomic E-state index is 0.954. The molecule has 11 aromatic rings. The van der Waals surface area contributed by atoms with Gasteiger partial charge in [-0.25, -0.2) is 9.97 Å². The van der Waals surface area contributed by atoms with Gasteiger partial charge in [-0.15, -0.1) is 0 Å². The van der Waals surface area contributed by atoms with Crippen LogP contribution in [0.1, 0.15) is 0 Å². The summed E-state index contributed by atoms with van der Waals surface area (Å²) in [6.45, 7) is 0. The fourth-order valence-electron chi connectivity index (χ4n) is 9.04. The summed E-state index contributed by atoms with van der Waals surface area (Å²) in [6, 6.07) is 63.8. The van der Waals surface area contributed by atoms with E-state index in [1.54, 1.807) is 6.33 Å².